The summed E-state index contributed by atoms with van der Waals surface area (Å²) >= 11 is 0. The maximum absolute atomic E-state index is 12.4. The highest BCUT2D eigenvalue weighted by Crippen LogP contribution is 2.25. The zero-order valence-corrected chi connectivity index (χ0v) is 14.3. The Balaban J connectivity index is 2.10. The summed E-state index contributed by atoms with van der Waals surface area (Å²) in [6, 6.07) is 8.18. The van der Waals surface area contributed by atoms with Crippen LogP contribution in [-0.2, 0) is 21.1 Å². The molecule has 1 N–H and O–H groups in total. The maximum Gasteiger partial charge on any atom is 0.224 e. The van der Waals surface area contributed by atoms with Crippen LogP contribution in [0.25, 0.3) is 0 Å². The second-order valence-electron chi connectivity index (χ2n) is 6.43. The van der Waals surface area contributed by atoms with Gasteiger partial charge in [-0.3, -0.25) is 4.79 Å². The standard InChI is InChI=1S/C17H25NO3S/c1-4-13-5-7-14(8-6-13)16(12(2)3)18-17(19)15-9-10-22(20,21)11-15/h5-8,12,15-16H,4,9-11H2,1-3H3,(H,18,19)/t15-,16+/m1/s1. The van der Waals surface area contributed by atoms with E-state index in [0.29, 0.717) is 6.42 Å². The molecule has 0 aromatic heterocycles. The number of aryl methyl sites for hydroxylation is 1. The van der Waals surface area contributed by atoms with Crippen molar-refractivity contribution in [3.8, 4) is 0 Å². The number of sulfone groups is 1. The molecule has 1 fully saturated rings. The van der Waals surface area contributed by atoms with E-state index in [2.05, 4.69) is 50.4 Å². The number of amides is 1. The minimum absolute atomic E-state index is 0.0155. The molecule has 2 atom stereocenters. The van der Waals surface area contributed by atoms with Gasteiger partial charge in [-0.1, -0.05) is 45.0 Å². The lowest BCUT2D eigenvalue weighted by atomic mass is 9.94. The average molecular weight is 323 g/mol. The van der Waals surface area contributed by atoms with E-state index in [1.807, 2.05) is 0 Å². The van der Waals surface area contributed by atoms with Crippen molar-refractivity contribution in [1.82, 2.24) is 5.32 Å². The summed E-state index contributed by atoms with van der Waals surface area (Å²) in [7, 11) is -3.03. The summed E-state index contributed by atoms with van der Waals surface area (Å²) in [6.07, 6.45) is 1.42. The van der Waals surface area contributed by atoms with Gasteiger partial charge in [0.05, 0.1) is 23.5 Å². The molecule has 1 aliphatic heterocycles. The molecule has 2 rings (SSSR count). The SMILES string of the molecule is CCc1ccc([C@@H](NC(=O)[C@@H]2CCS(=O)(=O)C2)C(C)C)cc1. The van der Waals surface area contributed by atoms with Gasteiger partial charge < -0.3 is 5.32 Å². The topological polar surface area (TPSA) is 63.2 Å². The van der Waals surface area contributed by atoms with Gasteiger partial charge in [-0.05, 0) is 29.9 Å². The molecular formula is C17H25NO3S. The van der Waals surface area contributed by atoms with Crippen LogP contribution in [0.2, 0.25) is 0 Å². The third kappa shape index (κ3) is 4.09. The van der Waals surface area contributed by atoms with E-state index in [0.717, 1.165) is 12.0 Å². The van der Waals surface area contributed by atoms with Crippen molar-refractivity contribution in [3.63, 3.8) is 0 Å². The fourth-order valence-corrected chi connectivity index (χ4v) is 4.61. The molecule has 1 heterocycles. The number of nitrogens with one attached hydrogen (secondary N) is 1. The lowest BCUT2D eigenvalue weighted by Crippen LogP contribution is -2.36. The quantitative estimate of drug-likeness (QED) is 0.905. The molecule has 5 heteroatoms. The van der Waals surface area contributed by atoms with E-state index in [-0.39, 0.29) is 29.4 Å². The lowest BCUT2D eigenvalue weighted by molar-refractivity contribution is -0.125. The van der Waals surface area contributed by atoms with Gasteiger partial charge >= 0.3 is 0 Å². The van der Waals surface area contributed by atoms with E-state index in [1.165, 1.54) is 5.56 Å². The highest BCUT2D eigenvalue weighted by atomic mass is 32.2. The van der Waals surface area contributed by atoms with Crippen LogP contribution >= 0.6 is 0 Å². The van der Waals surface area contributed by atoms with E-state index >= 15 is 0 Å². The molecule has 0 unspecified atom stereocenters. The molecule has 1 amide bonds. The van der Waals surface area contributed by atoms with Crippen LogP contribution in [0.3, 0.4) is 0 Å². The largest absolute Gasteiger partial charge is 0.349 e. The second kappa shape index (κ2) is 6.82. The van der Waals surface area contributed by atoms with Crippen molar-refractivity contribution in [2.45, 2.75) is 39.7 Å². The highest BCUT2D eigenvalue weighted by Gasteiger charge is 2.34. The summed E-state index contributed by atoms with van der Waals surface area (Å²) in [6.45, 7) is 6.23. The van der Waals surface area contributed by atoms with Crippen LogP contribution in [-0.4, -0.2) is 25.8 Å². The van der Waals surface area contributed by atoms with Crippen molar-refractivity contribution in [2.75, 3.05) is 11.5 Å². The van der Waals surface area contributed by atoms with E-state index < -0.39 is 15.8 Å². The average Bonchev–Trinajstić information content (AvgIpc) is 2.84. The highest BCUT2D eigenvalue weighted by molar-refractivity contribution is 7.91. The first kappa shape index (κ1) is 17.0. The number of hydrogen-bond donors (Lipinski definition) is 1. The molecule has 1 saturated heterocycles. The third-order valence-electron chi connectivity index (χ3n) is 4.31. The molecular weight excluding hydrogens is 298 g/mol. The first-order valence-corrected chi connectivity index (χ1v) is 9.74. The number of carbonyl (C=O) groups excluding carboxylic acids is 1. The zero-order chi connectivity index (χ0) is 16.3. The fourth-order valence-electron chi connectivity index (χ4n) is 2.87. The lowest BCUT2D eigenvalue weighted by Gasteiger charge is -2.24. The van der Waals surface area contributed by atoms with Crippen molar-refractivity contribution in [2.24, 2.45) is 11.8 Å². The molecule has 1 aliphatic rings. The molecule has 1 aromatic rings. The third-order valence-corrected chi connectivity index (χ3v) is 6.08. The molecule has 1 aromatic carbocycles. The Hall–Kier alpha value is -1.36. The molecule has 0 radical (unpaired) electrons. The first-order chi connectivity index (χ1) is 10.3. The van der Waals surface area contributed by atoms with Crippen LogP contribution in [0.1, 0.15) is 44.4 Å². The Labute approximate surface area is 133 Å². The normalized spacial score (nSPS) is 21.7. The smallest absolute Gasteiger partial charge is 0.224 e. The predicted octanol–water partition coefficient (Wildman–Crippen LogP) is 2.50. The van der Waals surface area contributed by atoms with Gasteiger partial charge in [-0.15, -0.1) is 0 Å². The molecule has 122 valence electrons. The van der Waals surface area contributed by atoms with Crippen LogP contribution in [0.5, 0.6) is 0 Å². The predicted molar refractivity (Wildman–Crippen MR) is 88.3 cm³/mol. The molecule has 22 heavy (non-hydrogen) atoms. The van der Waals surface area contributed by atoms with Gasteiger partial charge in [-0.25, -0.2) is 8.42 Å². The summed E-state index contributed by atoms with van der Waals surface area (Å²) in [4.78, 5) is 12.4. The minimum atomic E-state index is -3.03. The van der Waals surface area contributed by atoms with E-state index in [4.69, 9.17) is 0 Å². The first-order valence-electron chi connectivity index (χ1n) is 7.92. The maximum atomic E-state index is 12.4. The van der Waals surface area contributed by atoms with Crippen molar-refractivity contribution >= 4 is 15.7 Å². The van der Waals surface area contributed by atoms with Gasteiger partial charge in [0.2, 0.25) is 5.91 Å². The number of benzene rings is 1. The molecule has 0 bridgehead atoms. The van der Waals surface area contributed by atoms with Crippen LogP contribution in [0.15, 0.2) is 24.3 Å². The molecule has 0 spiro atoms. The zero-order valence-electron chi connectivity index (χ0n) is 13.5. The van der Waals surface area contributed by atoms with Crippen molar-refractivity contribution in [3.05, 3.63) is 35.4 Å². The van der Waals surface area contributed by atoms with Gasteiger partial charge in [0.1, 0.15) is 0 Å². The monoisotopic (exact) mass is 323 g/mol. The second-order valence-corrected chi connectivity index (χ2v) is 8.65. The van der Waals surface area contributed by atoms with Gasteiger partial charge in [0.15, 0.2) is 9.84 Å². The summed E-state index contributed by atoms with van der Waals surface area (Å²) in [5, 5.41) is 3.05. The van der Waals surface area contributed by atoms with Gasteiger partial charge in [0.25, 0.3) is 0 Å². The Morgan fingerprint density at radius 3 is 2.36 bits per heavy atom. The fraction of sp³-hybridized carbons (Fsp3) is 0.588. The Bertz CT molecular complexity index is 620. The Morgan fingerprint density at radius 1 is 1.27 bits per heavy atom. The summed E-state index contributed by atoms with van der Waals surface area (Å²) in [5.74, 6) is -0.184. The molecule has 0 aliphatic carbocycles. The number of rotatable bonds is 5. The molecule has 4 nitrogen and oxygen atoms in total. The number of carbonyl (C=O) groups is 1. The minimum Gasteiger partial charge on any atom is -0.349 e. The van der Waals surface area contributed by atoms with E-state index in [9.17, 15) is 13.2 Å². The van der Waals surface area contributed by atoms with Gasteiger partial charge in [-0.2, -0.15) is 0 Å². The van der Waals surface area contributed by atoms with Crippen LogP contribution < -0.4 is 5.32 Å². The van der Waals surface area contributed by atoms with Gasteiger partial charge in [0, 0.05) is 0 Å². The van der Waals surface area contributed by atoms with Crippen molar-refractivity contribution < 1.29 is 13.2 Å². The molecule has 0 saturated carbocycles. The van der Waals surface area contributed by atoms with Crippen LogP contribution in [0, 0.1) is 11.8 Å². The van der Waals surface area contributed by atoms with E-state index in [1.54, 1.807) is 0 Å². The van der Waals surface area contributed by atoms with Crippen molar-refractivity contribution in [1.29, 1.82) is 0 Å². The summed E-state index contributed by atoms with van der Waals surface area (Å²) in [5.41, 5.74) is 2.33. The Kier molecular flexibility index (Phi) is 5.27. The summed E-state index contributed by atoms with van der Waals surface area (Å²) < 4.78 is 23.1. The van der Waals surface area contributed by atoms with Crippen LogP contribution in [0.4, 0.5) is 0 Å². The number of hydrogen-bond acceptors (Lipinski definition) is 3. The Morgan fingerprint density at radius 2 is 1.91 bits per heavy atom.